The van der Waals surface area contributed by atoms with Gasteiger partial charge in [0.05, 0.1) is 7.11 Å². The van der Waals surface area contributed by atoms with Gasteiger partial charge in [0.15, 0.2) is 0 Å². The molecule has 0 saturated heterocycles. The zero-order valence-corrected chi connectivity index (χ0v) is 13.3. The third kappa shape index (κ3) is 2.79. The van der Waals surface area contributed by atoms with Crippen LogP contribution in [0.4, 0.5) is 0 Å². The van der Waals surface area contributed by atoms with Crippen LogP contribution in [0.3, 0.4) is 0 Å². The first-order valence-corrected chi connectivity index (χ1v) is 7.93. The van der Waals surface area contributed by atoms with Crippen molar-refractivity contribution in [2.24, 2.45) is 0 Å². The Hall–Kier alpha value is -1.87. The van der Waals surface area contributed by atoms with Crippen molar-refractivity contribution in [1.82, 2.24) is 4.98 Å². The maximum Gasteiger partial charge on any atom is 0.118 e. The van der Waals surface area contributed by atoms with Crippen molar-refractivity contribution in [3.63, 3.8) is 0 Å². The Labute approximate surface area is 129 Å². The molecule has 3 aromatic rings. The second kappa shape index (κ2) is 5.86. The monoisotopic (exact) mass is 297 g/mol. The molecule has 0 aliphatic rings. The van der Waals surface area contributed by atoms with Gasteiger partial charge in [0.2, 0.25) is 0 Å². The number of nitrogens with one attached hydrogen (secondary N) is 1. The Morgan fingerprint density at radius 1 is 1.00 bits per heavy atom. The van der Waals surface area contributed by atoms with Gasteiger partial charge in [-0.2, -0.15) is 0 Å². The van der Waals surface area contributed by atoms with E-state index in [1.54, 1.807) is 7.11 Å². The van der Waals surface area contributed by atoms with Crippen LogP contribution in [0.25, 0.3) is 10.9 Å². The van der Waals surface area contributed by atoms with Gasteiger partial charge in [-0.25, -0.2) is 0 Å². The predicted octanol–water partition coefficient (Wildman–Crippen LogP) is 5.45. The molecule has 0 radical (unpaired) electrons. The van der Waals surface area contributed by atoms with E-state index in [1.165, 1.54) is 26.4 Å². The Morgan fingerprint density at radius 3 is 2.38 bits per heavy atom. The number of aromatic amines is 1. The first kappa shape index (κ1) is 14.1. The molecule has 0 saturated carbocycles. The first-order chi connectivity index (χ1) is 10.2. The van der Waals surface area contributed by atoms with Crippen LogP contribution in [-0.4, -0.2) is 12.1 Å². The van der Waals surface area contributed by atoms with Crippen LogP contribution in [0.1, 0.15) is 25.5 Å². The average Bonchev–Trinajstić information content (AvgIpc) is 2.87. The van der Waals surface area contributed by atoms with Crippen molar-refractivity contribution < 1.29 is 4.74 Å². The summed E-state index contributed by atoms with van der Waals surface area (Å²) in [5, 5.41) is 1.29. The number of hydrogen-bond donors (Lipinski definition) is 1. The highest BCUT2D eigenvalue weighted by Crippen LogP contribution is 2.39. The van der Waals surface area contributed by atoms with E-state index >= 15 is 0 Å². The first-order valence-electron chi connectivity index (χ1n) is 7.11. The molecule has 0 spiro atoms. The van der Waals surface area contributed by atoms with E-state index in [0.29, 0.717) is 5.92 Å². The van der Waals surface area contributed by atoms with Crippen LogP contribution in [0, 0.1) is 0 Å². The molecular formula is C18H19NOS. The van der Waals surface area contributed by atoms with Crippen LogP contribution in [0.2, 0.25) is 0 Å². The predicted molar refractivity (Wildman–Crippen MR) is 89.5 cm³/mol. The van der Waals surface area contributed by atoms with Crippen LogP contribution >= 0.6 is 11.8 Å². The second-order valence-corrected chi connectivity index (χ2v) is 6.43. The van der Waals surface area contributed by atoms with Crippen LogP contribution in [-0.2, 0) is 0 Å². The summed E-state index contributed by atoms with van der Waals surface area (Å²) in [6, 6.07) is 16.7. The SMILES string of the molecule is COc1ccc(Sc2c(C(C)C)[nH]c3ccccc23)cc1. The number of para-hydroxylation sites is 1. The largest absolute Gasteiger partial charge is 0.497 e. The minimum atomic E-state index is 0.471. The molecule has 0 atom stereocenters. The Balaban J connectivity index is 2.03. The quantitative estimate of drug-likeness (QED) is 0.692. The Kier molecular flexibility index (Phi) is 3.93. The minimum Gasteiger partial charge on any atom is -0.497 e. The molecule has 1 aromatic heterocycles. The maximum atomic E-state index is 5.22. The van der Waals surface area contributed by atoms with Crippen molar-refractivity contribution >= 4 is 22.7 Å². The van der Waals surface area contributed by atoms with E-state index in [4.69, 9.17) is 4.74 Å². The molecule has 3 heteroatoms. The van der Waals surface area contributed by atoms with Gasteiger partial charge in [0.25, 0.3) is 0 Å². The summed E-state index contributed by atoms with van der Waals surface area (Å²) in [5.41, 5.74) is 2.51. The zero-order chi connectivity index (χ0) is 14.8. The molecule has 0 bridgehead atoms. The topological polar surface area (TPSA) is 25.0 Å². The molecule has 2 aromatic carbocycles. The standard InChI is InChI=1S/C18H19NOS/c1-12(2)17-18(15-6-4-5-7-16(15)19-17)21-14-10-8-13(20-3)9-11-14/h4-12,19H,1-3H3. The molecule has 0 amide bonds. The van der Waals surface area contributed by atoms with Crippen LogP contribution in [0.15, 0.2) is 58.3 Å². The molecule has 108 valence electrons. The third-order valence-corrected chi connectivity index (χ3v) is 4.69. The summed E-state index contributed by atoms with van der Waals surface area (Å²) in [6.07, 6.45) is 0. The molecule has 0 aliphatic heterocycles. The Bertz CT molecular complexity index is 744. The normalized spacial score (nSPS) is 11.2. The van der Waals surface area contributed by atoms with E-state index < -0.39 is 0 Å². The summed E-state index contributed by atoms with van der Waals surface area (Å²) in [5.74, 6) is 1.36. The average molecular weight is 297 g/mol. The van der Waals surface area contributed by atoms with E-state index in [9.17, 15) is 0 Å². The molecule has 1 N–H and O–H groups in total. The lowest BCUT2D eigenvalue weighted by atomic mass is 10.1. The third-order valence-electron chi connectivity index (χ3n) is 3.54. The number of methoxy groups -OCH3 is 1. The van der Waals surface area contributed by atoms with E-state index in [0.717, 1.165) is 5.75 Å². The molecular weight excluding hydrogens is 278 g/mol. The number of H-pyrrole nitrogens is 1. The number of rotatable bonds is 4. The van der Waals surface area contributed by atoms with E-state index in [-0.39, 0.29) is 0 Å². The summed E-state index contributed by atoms with van der Waals surface area (Å²) in [6.45, 7) is 4.45. The van der Waals surface area contributed by atoms with Crippen molar-refractivity contribution in [1.29, 1.82) is 0 Å². The van der Waals surface area contributed by atoms with Gasteiger partial charge in [0, 0.05) is 26.4 Å². The number of benzene rings is 2. The molecule has 2 nitrogen and oxygen atoms in total. The fourth-order valence-corrected chi connectivity index (χ4v) is 3.61. The molecule has 21 heavy (non-hydrogen) atoms. The van der Waals surface area contributed by atoms with E-state index in [2.05, 4.69) is 55.2 Å². The molecule has 0 fully saturated rings. The summed E-state index contributed by atoms with van der Waals surface area (Å²) in [4.78, 5) is 6.11. The molecule has 0 unspecified atom stereocenters. The lowest BCUT2D eigenvalue weighted by Crippen LogP contribution is -1.89. The summed E-state index contributed by atoms with van der Waals surface area (Å²) < 4.78 is 5.22. The number of ether oxygens (including phenoxy) is 1. The van der Waals surface area contributed by atoms with Crippen molar-refractivity contribution in [3.8, 4) is 5.75 Å². The molecule has 0 aliphatic carbocycles. The van der Waals surface area contributed by atoms with Gasteiger partial charge in [-0.05, 0) is 36.2 Å². The second-order valence-electron chi connectivity index (χ2n) is 5.35. The van der Waals surface area contributed by atoms with Crippen molar-refractivity contribution in [2.75, 3.05) is 7.11 Å². The highest BCUT2D eigenvalue weighted by atomic mass is 32.2. The van der Waals surface area contributed by atoms with Crippen LogP contribution in [0.5, 0.6) is 5.75 Å². The molecule has 3 rings (SSSR count). The fourth-order valence-electron chi connectivity index (χ4n) is 2.42. The lowest BCUT2D eigenvalue weighted by Gasteiger charge is -2.08. The number of aromatic nitrogens is 1. The number of hydrogen-bond acceptors (Lipinski definition) is 2. The Morgan fingerprint density at radius 2 is 1.71 bits per heavy atom. The lowest BCUT2D eigenvalue weighted by molar-refractivity contribution is 0.414. The van der Waals surface area contributed by atoms with Gasteiger partial charge in [-0.15, -0.1) is 0 Å². The summed E-state index contributed by atoms with van der Waals surface area (Å²) in [7, 11) is 1.69. The fraction of sp³-hybridized carbons (Fsp3) is 0.222. The highest BCUT2D eigenvalue weighted by Gasteiger charge is 2.15. The summed E-state index contributed by atoms with van der Waals surface area (Å²) >= 11 is 1.81. The van der Waals surface area contributed by atoms with Crippen molar-refractivity contribution in [3.05, 3.63) is 54.2 Å². The van der Waals surface area contributed by atoms with Crippen molar-refractivity contribution in [2.45, 2.75) is 29.6 Å². The van der Waals surface area contributed by atoms with Gasteiger partial charge in [0.1, 0.15) is 5.75 Å². The smallest absolute Gasteiger partial charge is 0.118 e. The number of fused-ring (bicyclic) bond motifs is 1. The van der Waals surface area contributed by atoms with Gasteiger partial charge in [-0.1, -0.05) is 43.8 Å². The zero-order valence-electron chi connectivity index (χ0n) is 12.5. The molecule has 1 heterocycles. The minimum absolute atomic E-state index is 0.471. The van der Waals surface area contributed by atoms with Crippen LogP contribution < -0.4 is 4.74 Å². The van der Waals surface area contributed by atoms with Gasteiger partial charge in [-0.3, -0.25) is 0 Å². The van der Waals surface area contributed by atoms with Gasteiger partial charge < -0.3 is 9.72 Å². The van der Waals surface area contributed by atoms with Gasteiger partial charge >= 0.3 is 0 Å². The highest BCUT2D eigenvalue weighted by molar-refractivity contribution is 7.99. The van der Waals surface area contributed by atoms with E-state index in [1.807, 2.05) is 23.9 Å². The maximum absolute atomic E-state index is 5.22.